The van der Waals surface area contributed by atoms with Crippen molar-refractivity contribution >= 4 is 33.8 Å². The Morgan fingerprint density at radius 2 is 1.85 bits per heavy atom. The molecule has 0 saturated heterocycles. The normalized spacial score (nSPS) is 11.0. The van der Waals surface area contributed by atoms with E-state index in [0.29, 0.717) is 23.1 Å². The second kappa shape index (κ2) is 6.11. The molecule has 7 heteroatoms. The van der Waals surface area contributed by atoms with Crippen LogP contribution < -0.4 is 14.8 Å². The Balaban J connectivity index is 1.75. The number of fused-ring (bicyclic) bond motifs is 2. The third kappa shape index (κ3) is 2.45. The Labute approximate surface area is 149 Å². The van der Waals surface area contributed by atoms with Crippen LogP contribution in [-0.4, -0.2) is 34.7 Å². The molecule has 2 heterocycles. The van der Waals surface area contributed by atoms with E-state index in [1.165, 1.54) is 0 Å². The van der Waals surface area contributed by atoms with E-state index in [1.807, 2.05) is 43.4 Å². The van der Waals surface area contributed by atoms with E-state index >= 15 is 0 Å². The monoisotopic (exact) mass is 350 g/mol. The number of carbonyl (C=O) groups excluding carboxylic acids is 1. The van der Waals surface area contributed by atoms with Crippen molar-refractivity contribution in [1.82, 2.24) is 14.5 Å². The van der Waals surface area contributed by atoms with E-state index in [2.05, 4.69) is 15.3 Å². The first-order chi connectivity index (χ1) is 12.6. The van der Waals surface area contributed by atoms with Gasteiger partial charge >= 0.3 is 0 Å². The lowest BCUT2D eigenvalue weighted by Crippen LogP contribution is -2.16. The average Bonchev–Trinajstić information content (AvgIpc) is 3.21. The highest BCUT2D eigenvalue weighted by Crippen LogP contribution is 2.35. The van der Waals surface area contributed by atoms with Crippen LogP contribution in [0.25, 0.3) is 21.9 Å². The van der Waals surface area contributed by atoms with Crippen molar-refractivity contribution < 1.29 is 14.3 Å². The van der Waals surface area contributed by atoms with Crippen LogP contribution in [0.3, 0.4) is 0 Å². The summed E-state index contributed by atoms with van der Waals surface area (Å²) >= 11 is 0. The van der Waals surface area contributed by atoms with Gasteiger partial charge in [0.2, 0.25) is 5.95 Å². The third-order valence-electron chi connectivity index (χ3n) is 4.41. The van der Waals surface area contributed by atoms with Crippen molar-refractivity contribution in [2.45, 2.75) is 0 Å². The molecule has 4 rings (SSSR count). The number of ether oxygens (including phenoxy) is 2. The lowest BCUT2D eigenvalue weighted by Gasteiger charge is -2.08. The molecular weight excluding hydrogens is 332 g/mol. The number of nitrogens with zero attached hydrogens (tertiary/aromatic N) is 2. The second-order valence-electron chi connectivity index (χ2n) is 5.88. The molecule has 2 N–H and O–H groups in total. The number of aromatic nitrogens is 3. The Kier molecular flexibility index (Phi) is 3.76. The molecule has 26 heavy (non-hydrogen) atoms. The van der Waals surface area contributed by atoms with Crippen molar-refractivity contribution in [2.75, 3.05) is 19.5 Å². The Bertz CT molecular complexity index is 1090. The maximum Gasteiger partial charge on any atom is 0.274 e. The van der Waals surface area contributed by atoms with E-state index in [0.717, 1.165) is 21.9 Å². The van der Waals surface area contributed by atoms with Gasteiger partial charge in [0.15, 0.2) is 0 Å². The number of rotatable bonds is 4. The number of anilines is 1. The van der Waals surface area contributed by atoms with E-state index < -0.39 is 0 Å². The number of aromatic amines is 1. The number of nitrogens with one attached hydrogen (secondary N) is 2. The molecule has 7 nitrogen and oxygen atoms in total. The molecular formula is C19H18N4O3. The molecule has 1 amide bonds. The minimum absolute atomic E-state index is 0.271. The minimum Gasteiger partial charge on any atom is -0.496 e. The van der Waals surface area contributed by atoms with Gasteiger partial charge < -0.3 is 19.0 Å². The number of H-pyrrole nitrogens is 1. The van der Waals surface area contributed by atoms with Gasteiger partial charge in [-0.2, -0.15) is 0 Å². The molecule has 0 unspecified atom stereocenters. The Morgan fingerprint density at radius 3 is 2.58 bits per heavy atom. The summed E-state index contributed by atoms with van der Waals surface area (Å²) in [6.45, 7) is 0. The SMILES string of the molecule is COc1ccc(OC)c2c1cc(C(=O)Nc1nc3ccccc3[nH]1)n2C. The van der Waals surface area contributed by atoms with E-state index in [1.54, 1.807) is 24.9 Å². The number of amides is 1. The lowest BCUT2D eigenvalue weighted by molar-refractivity contribution is 0.101. The van der Waals surface area contributed by atoms with Crippen LogP contribution in [0.4, 0.5) is 5.95 Å². The lowest BCUT2D eigenvalue weighted by atomic mass is 10.2. The molecule has 0 aliphatic rings. The summed E-state index contributed by atoms with van der Waals surface area (Å²) in [5, 5.41) is 3.63. The number of benzene rings is 2. The average molecular weight is 350 g/mol. The number of hydrogen-bond acceptors (Lipinski definition) is 4. The molecule has 0 spiro atoms. The largest absolute Gasteiger partial charge is 0.496 e. The van der Waals surface area contributed by atoms with Gasteiger partial charge in [0, 0.05) is 12.4 Å². The summed E-state index contributed by atoms with van der Waals surface area (Å²) in [6, 6.07) is 13.0. The molecule has 132 valence electrons. The van der Waals surface area contributed by atoms with Crippen molar-refractivity contribution in [2.24, 2.45) is 7.05 Å². The molecule has 0 aliphatic carbocycles. The zero-order chi connectivity index (χ0) is 18.3. The topological polar surface area (TPSA) is 81.2 Å². The number of imidazole rings is 1. The highest BCUT2D eigenvalue weighted by Gasteiger charge is 2.19. The minimum atomic E-state index is -0.271. The van der Waals surface area contributed by atoms with Crippen molar-refractivity contribution in [1.29, 1.82) is 0 Å². The third-order valence-corrected chi connectivity index (χ3v) is 4.41. The van der Waals surface area contributed by atoms with Gasteiger partial charge in [-0.25, -0.2) is 4.98 Å². The van der Waals surface area contributed by atoms with Crippen LogP contribution in [0.5, 0.6) is 11.5 Å². The fourth-order valence-electron chi connectivity index (χ4n) is 3.15. The van der Waals surface area contributed by atoms with E-state index in [9.17, 15) is 4.79 Å². The van der Waals surface area contributed by atoms with Crippen molar-refractivity contribution in [3.63, 3.8) is 0 Å². The first-order valence-electron chi connectivity index (χ1n) is 8.09. The number of para-hydroxylation sites is 2. The Hall–Kier alpha value is -3.48. The standard InChI is InChI=1S/C19H18N4O3/c1-23-14(10-11-15(25-2)8-9-16(26-3)17(11)23)18(24)22-19-20-12-6-4-5-7-13(12)21-19/h4-10H,1-3H3,(H2,20,21,22,24). The fourth-order valence-corrected chi connectivity index (χ4v) is 3.15. The second-order valence-corrected chi connectivity index (χ2v) is 5.88. The summed E-state index contributed by atoms with van der Waals surface area (Å²) in [5.41, 5.74) is 2.93. The molecule has 2 aromatic carbocycles. The maximum absolute atomic E-state index is 12.8. The summed E-state index contributed by atoms with van der Waals surface area (Å²) in [7, 11) is 5.02. The maximum atomic E-state index is 12.8. The summed E-state index contributed by atoms with van der Waals surface area (Å²) in [4.78, 5) is 20.3. The number of aryl methyl sites for hydroxylation is 1. The first kappa shape index (κ1) is 16.0. The van der Waals surface area contributed by atoms with Gasteiger partial charge in [-0.05, 0) is 30.3 Å². The smallest absolute Gasteiger partial charge is 0.274 e. The molecule has 0 atom stereocenters. The summed E-state index contributed by atoms with van der Waals surface area (Å²) in [5.74, 6) is 1.48. The predicted molar refractivity (Wildman–Crippen MR) is 100 cm³/mol. The molecule has 2 aromatic heterocycles. The zero-order valence-electron chi connectivity index (χ0n) is 14.7. The molecule has 0 aliphatic heterocycles. The van der Waals surface area contributed by atoms with Gasteiger partial charge in [-0.15, -0.1) is 0 Å². The molecule has 0 fully saturated rings. The van der Waals surface area contributed by atoms with Crippen molar-refractivity contribution in [3.8, 4) is 11.5 Å². The van der Waals surface area contributed by atoms with Crippen LogP contribution in [0.15, 0.2) is 42.5 Å². The molecule has 0 saturated carbocycles. The molecule has 4 aromatic rings. The predicted octanol–water partition coefficient (Wildman–Crippen LogP) is 3.32. The van der Waals surface area contributed by atoms with Crippen LogP contribution in [-0.2, 0) is 7.05 Å². The van der Waals surface area contributed by atoms with Gasteiger partial charge in [-0.3, -0.25) is 10.1 Å². The van der Waals surface area contributed by atoms with Crippen LogP contribution in [0.1, 0.15) is 10.5 Å². The highest BCUT2D eigenvalue weighted by molar-refractivity contribution is 6.07. The summed E-state index contributed by atoms with van der Waals surface area (Å²) in [6.07, 6.45) is 0. The van der Waals surface area contributed by atoms with Gasteiger partial charge in [0.25, 0.3) is 5.91 Å². The van der Waals surface area contributed by atoms with Gasteiger partial charge in [0.1, 0.15) is 17.2 Å². The molecule has 0 bridgehead atoms. The van der Waals surface area contributed by atoms with E-state index in [4.69, 9.17) is 9.47 Å². The summed E-state index contributed by atoms with van der Waals surface area (Å²) < 4.78 is 12.6. The highest BCUT2D eigenvalue weighted by atomic mass is 16.5. The van der Waals surface area contributed by atoms with Gasteiger partial charge in [-0.1, -0.05) is 12.1 Å². The quantitative estimate of drug-likeness (QED) is 0.592. The number of methoxy groups -OCH3 is 2. The van der Waals surface area contributed by atoms with Crippen molar-refractivity contribution in [3.05, 3.63) is 48.2 Å². The van der Waals surface area contributed by atoms with Gasteiger partial charge in [0.05, 0.1) is 30.8 Å². The van der Waals surface area contributed by atoms with Crippen LogP contribution in [0, 0.1) is 0 Å². The number of carbonyl (C=O) groups is 1. The molecule has 0 radical (unpaired) electrons. The van der Waals surface area contributed by atoms with Crippen LogP contribution >= 0.6 is 0 Å². The zero-order valence-corrected chi connectivity index (χ0v) is 14.7. The van der Waals surface area contributed by atoms with E-state index in [-0.39, 0.29) is 5.91 Å². The Morgan fingerprint density at radius 1 is 1.12 bits per heavy atom. The fraction of sp³-hybridized carbons (Fsp3) is 0.158. The first-order valence-corrected chi connectivity index (χ1v) is 8.09. The number of hydrogen-bond donors (Lipinski definition) is 2. The van der Waals surface area contributed by atoms with Crippen LogP contribution in [0.2, 0.25) is 0 Å².